The van der Waals surface area contributed by atoms with Gasteiger partial charge in [-0.25, -0.2) is 4.98 Å². The second-order valence-electron chi connectivity index (χ2n) is 8.36. The molecule has 1 aromatic rings. The summed E-state index contributed by atoms with van der Waals surface area (Å²) in [6, 6.07) is -0.155. The van der Waals surface area contributed by atoms with Crippen LogP contribution in [0.25, 0.3) is 0 Å². The number of esters is 1. The van der Waals surface area contributed by atoms with Crippen molar-refractivity contribution in [2.24, 2.45) is 11.1 Å². The van der Waals surface area contributed by atoms with E-state index in [-0.39, 0.29) is 23.6 Å². The van der Waals surface area contributed by atoms with E-state index in [1.807, 2.05) is 4.90 Å². The predicted octanol–water partition coefficient (Wildman–Crippen LogP) is 5.67. The fraction of sp³-hybridized carbons (Fsp3) is 0.739. The molecule has 0 fully saturated rings. The van der Waals surface area contributed by atoms with Crippen LogP contribution in [0.15, 0.2) is 10.6 Å². The number of hydrogen-bond donors (Lipinski definition) is 0. The largest absolute Gasteiger partial charge is 0.455 e. The second kappa shape index (κ2) is 14.8. The van der Waals surface area contributed by atoms with Gasteiger partial charge in [0.15, 0.2) is 6.10 Å². The smallest absolute Gasteiger partial charge is 0.335 e. The van der Waals surface area contributed by atoms with Crippen molar-refractivity contribution in [3.05, 3.63) is 21.0 Å². The maximum absolute atomic E-state index is 13.1. The Morgan fingerprint density at radius 2 is 1.81 bits per heavy atom. The predicted molar refractivity (Wildman–Crippen MR) is 125 cm³/mol. The molecule has 0 saturated carbocycles. The van der Waals surface area contributed by atoms with Crippen LogP contribution in [0.1, 0.15) is 108 Å². The molecule has 0 spiro atoms. The number of rotatable bonds is 15. The van der Waals surface area contributed by atoms with E-state index in [9.17, 15) is 19.3 Å². The van der Waals surface area contributed by atoms with Crippen molar-refractivity contribution in [3.8, 4) is 0 Å². The van der Waals surface area contributed by atoms with Crippen molar-refractivity contribution in [1.29, 1.82) is 0 Å². The molecule has 32 heavy (non-hydrogen) atoms. The lowest BCUT2D eigenvalue weighted by Gasteiger charge is -2.36. The number of thiazole rings is 1. The highest BCUT2D eigenvalue weighted by Crippen LogP contribution is 2.31. The fourth-order valence-electron chi connectivity index (χ4n) is 3.61. The van der Waals surface area contributed by atoms with Gasteiger partial charge in [-0.2, -0.15) is 0 Å². The molecule has 0 aliphatic rings. The van der Waals surface area contributed by atoms with Gasteiger partial charge >= 0.3 is 11.9 Å². The number of ether oxygens (including phenoxy) is 1. The fourth-order valence-corrected chi connectivity index (χ4v) is 4.45. The highest BCUT2D eigenvalue weighted by molar-refractivity contribution is 7.09. The van der Waals surface area contributed by atoms with Gasteiger partial charge in [0.25, 0.3) is 0 Å². The van der Waals surface area contributed by atoms with Crippen LogP contribution in [0.4, 0.5) is 0 Å². The van der Waals surface area contributed by atoms with Crippen molar-refractivity contribution in [2.45, 2.75) is 98.1 Å². The standard InChI is InChI=1S/C23H37N3O5S/c1-6-8-10-11-13-26(21(28)12-9-7-2)19(16(3)4)14-20(31-17(5)27)23-24-18(15-32-23)22(29)25-30/h15-16,19-20H,6-14H2,1-5H3. The van der Waals surface area contributed by atoms with Gasteiger partial charge in [-0.1, -0.05) is 53.4 Å². The molecule has 0 aromatic carbocycles. The Hall–Kier alpha value is -2.16. The van der Waals surface area contributed by atoms with Crippen LogP contribution in [0, 0.1) is 10.8 Å². The Balaban J connectivity index is 3.16. The SMILES string of the molecule is CCCCCCN(C(=O)CCCC)C(CC(OC(C)=O)c1nc(C(=O)N=O)cs1)C(C)C. The molecule has 0 bridgehead atoms. The van der Waals surface area contributed by atoms with Crippen molar-refractivity contribution < 1.29 is 19.1 Å². The van der Waals surface area contributed by atoms with Crippen molar-refractivity contribution in [2.75, 3.05) is 6.54 Å². The molecule has 0 N–H and O–H groups in total. The molecule has 180 valence electrons. The normalized spacial score (nSPS) is 12.9. The molecule has 1 rings (SSSR count). The third-order valence-electron chi connectivity index (χ3n) is 5.35. The van der Waals surface area contributed by atoms with E-state index in [1.165, 1.54) is 12.3 Å². The summed E-state index contributed by atoms with van der Waals surface area (Å²) in [5.41, 5.74) is -0.0614. The minimum Gasteiger partial charge on any atom is -0.455 e. The zero-order chi connectivity index (χ0) is 24.1. The van der Waals surface area contributed by atoms with E-state index < -0.39 is 18.0 Å². The average Bonchev–Trinajstić information content (AvgIpc) is 3.24. The molecule has 8 nitrogen and oxygen atoms in total. The number of carbonyl (C=O) groups excluding carboxylic acids is 3. The highest BCUT2D eigenvalue weighted by Gasteiger charge is 2.32. The van der Waals surface area contributed by atoms with Crippen LogP contribution in [0.2, 0.25) is 0 Å². The van der Waals surface area contributed by atoms with Crippen LogP contribution < -0.4 is 0 Å². The van der Waals surface area contributed by atoms with Gasteiger partial charge in [-0.15, -0.1) is 16.2 Å². The van der Waals surface area contributed by atoms with Gasteiger partial charge in [0, 0.05) is 42.9 Å². The number of nitrogens with zero attached hydrogens (tertiary/aromatic N) is 3. The lowest BCUT2D eigenvalue weighted by Crippen LogP contribution is -2.45. The molecule has 1 aromatic heterocycles. The zero-order valence-electron chi connectivity index (χ0n) is 20.0. The average molecular weight is 468 g/mol. The lowest BCUT2D eigenvalue weighted by atomic mass is 9.95. The molecule has 2 unspecified atom stereocenters. The van der Waals surface area contributed by atoms with E-state index in [0.29, 0.717) is 24.4 Å². The first-order valence-corrected chi connectivity index (χ1v) is 12.4. The topological polar surface area (TPSA) is 106 Å². The number of carbonyl (C=O) groups is 3. The molecular formula is C23H37N3O5S. The third-order valence-corrected chi connectivity index (χ3v) is 6.29. The summed E-state index contributed by atoms with van der Waals surface area (Å²) in [4.78, 5) is 53.2. The Morgan fingerprint density at radius 1 is 1.12 bits per heavy atom. The van der Waals surface area contributed by atoms with Crippen LogP contribution in [-0.4, -0.2) is 40.3 Å². The third kappa shape index (κ3) is 9.14. The van der Waals surface area contributed by atoms with Gasteiger partial charge in [0.1, 0.15) is 10.7 Å². The quantitative estimate of drug-likeness (QED) is 0.187. The molecule has 1 heterocycles. The first-order chi connectivity index (χ1) is 15.2. The van der Waals surface area contributed by atoms with Crippen LogP contribution in [-0.2, 0) is 14.3 Å². The monoisotopic (exact) mass is 467 g/mol. The van der Waals surface area contributed by atoms with Gasteiger partial charge in [-0.3, -0.25) is 14.4 Å². The summed E-state index contributed by atoms with van der Waals surface area (Å²) in [5, 5.41) is 4.27. The summed E-state index contributed by atoms with van der Waals surface area (Å²) in [5.74, 6) is -1.19. The van der Waals surface area contributed by atoms with E-state index in [0.717, 1.165) is 49.9 Å². The first-order valence-electron chi connectivity index (χ1n) is 11.5. The van der Waals surface area contributed by atoms with E-state index in [4.69, 9.17) is 4.74 Å². The molecule has 9 heteroatoms. The van der Waals surface area contributed by atoms with Gasteiger partial charge in [0.05, 0.1) is 0 Å². The molecular weight excluding hydrogens is 430 g/mol. The minimum atomic E-state index is -0.957. The molecule has 0 radical (unpaired) electrons. The van der Waals surface area contributed by atoms with Crippen molar-refractivity contribution in [1.82, 2.24) is 9.88 Å². The molecule has 2 atom stereocenters. The Kier molecular flexibility index (Phi) is 12.9. The number of amides is 2. The van der Waals surface area contributed by atoms with E-state index in [2.05, 4.69) is 37.9 Å². The summed E-state index contributed by atoms with van der Waals surface area (Å²) in [6.07, 6.45) is 6.15. The number of hydrogen-bond acceptors (Lipinski definition) is 7. The summed E-state index contributed by atoms with van der Waals surface area (Å²) in [6.45, 7) is 10.3. The van der Waals surface area contributed by atoms with Gasteiger partial charge < -0.3 is 9.64 Å². The Bertz CT molecular complexity index is 750. The molecule has 2 amide bonds. The highest BCUT2D eigenvalue weighted by atomic mass is 32.1. The number of nitroso groups, excluding NO2 is 1. The van der Waals surface area contributed by atoms with E-state index >= 15 is 0 Å². The second-order valence-corrected chi connectivity index (χ2v) is 9.25. The first kappa shape index (κ1) is 27.9. The molecule has 0 saturated heterocycles. The van der Waals surface area contributed by atoms with Crippen molar-refractivity contribution in [3.63, 3.8) is 0 Å². The number of unbranched alkanes of at least 4 members (excludes halogenated alkanes) is 4. The minimum absolute atomic E-state index is 0.0614. The van der Waals surface area contributed by atoms with Crippen LogP contribution >= 0.6 is 11.3 Å². The van der Waals surface area contributed by atoms with E-state index in [1.54, 1.807) is 0 Å². The number of aromatic nitrogens is 1. The summed E-state index contributed by atoms with van der Waals surface area (Å²) < 4.78 is 5.55. The Labute approximate surface area is 195 Å². The van der Waals surface area contributed by atoms with Crippen LogP contribution in [0.3, 0.4) is 0 Å². The molecule has 0 aliphatic heterocycles. The summed E-state index contributed by atoms with van der Waals surface area (Å²) in [7, 11) is 0. The van der Waals surface area contributed by atoms with Gasteiger partial charge in [-0.05, 0) is 18.8 Å². The zero-order valence-corrected chi connectivity index (χ0v) is 20.8. The maximum atomic E-state index is 13.1. The van der Waals surface area contributed by atoms with Crippen LogP contribution in [0.5, 0.6) is 0 Å². The Morgan fingerprint density at radius 3 is 2.38 bits per heavy atom. The summed E-state index contributed by atoms with van der Waals surface area (Å²) >= 11 is 1.14. The van der Waals surface area contributed by atoms with Gasteiger partial charge in [0.2, 0.25) is 5.91 Å². The molecule has 0 aliphatic carbocycles. The van der Waals surface area contributed by atoms with Crippen molar-refractivity contribution >= 4 is 29.1 Å². The maximum Gasteiger partial charge on any atom is 0.335 e. The lowest BCUT2D eigenvalue weighted by molar-refractivity contribution is -0.148.